The Bertz CT molecular complexity index is 2440. The molecule has 0 heterocycles. The van der Waals surface area contributed by atoms with Gasteiger partial charge in [0.05, 0.1) is 0 Å². The van der Waals surface area contributed by atoms with E-state index in [1.165, 1.54) is 94.2 Å². The third kappa shape index (κ3) is 3.42. The topological polar surface area (TPSA) is 3.24 Å². The van der Waals surface area contributed by atoms with Gasteiger partial charge in [-0.3, -0.25) is 0 Å². The molecule has 0 bridgehead atoms. The second-order valence-corrected chi connectivity index (χ2v) is 15.8. The summed E-state index contributed by atoms with van der Waals surface area (Å²) in [7, 11) is 0. The quantitative estimate of drug-likeness (QED) is 0.178. The standard InChI is InChI=1S/C47H39N/c1-45(2)37-15-9-7-13-33(37)35-22-20-30(25-40(35)45)48(31-21-23-36-34-14-8-10-16-38(34)46(3,4)41(36)26-31)32-24-29-19-18-28-12-11-17-39-43(28)44(29)42(27-32)47(39,5)6/h7-27H,1-6H3. The van der Waals surface area contributed by atoms with Crippen LogP contribution in [0.15, 0.2) is 127 Å². The van der Waals surface area contributed by atoms with Crippen LogP contribution in [0.5, 0.6) is 0 Å². The predicted octanol–water partition coefficient (Wildman–Crippen LogP) is 12.7. The summed E-state index contributed by atoms with van der Waals surface area (Å²) in [4.78, 5) is 2.53. The molecule has 48 heavy (non-hydrogen) atoms. The van der Waals surface area contributed by atoms with Gasteiger partial charge in [-0.15, -0.1) is 0 Å². The molecule has 7 aromatic carbocycles. The lowest BCUT2D eigenvalue weighted by Crippen LogP contribution is -2.19. The Labute approximate surface area is 283 Å². The molecule has 0 fully saturated rings. The maximum atomic E-state index is 2.53. The molecule has 0 aromatic heterocycles. The van der Waals surface area contributed by atoms with Crippen molar-refractivity contribution in [1.82, 2.24) is 0 Å². The zero-order valence-electron chi connectivity index (χ0n) is 28.6. The van der Waals surface area contributed by atoms with E-state index in [1.54, 1.807) is 0 Å². The molecule has 0 aliphatic heterocycles. The minimum absolute atomic E-state index is 0.0815. The van der Waals surface area contributed by atoms with Crippen LogP contribution in [0.1, 0.15) is 74.9 Å². The van der Waals surface area contributed by atoms with Gasteiger partial charge in [-0.1, -0.05) is 133 Å². The van der Waals surface area contributed by atoms with E-state index in [1.807, 2.05) is 0 Å². The average Bonchev–Trinajstić information content (AvgIpc) is 3.58. The Balaban J connectivity index is 1.23. The summed E-state index contributed by atoms with van der Waals surface area (Å²) in [5.41, 5.74) is 17.2. The van der Waals surface area contributed by atoms with Crippen LogP contribution >= 0.6 is 0 Å². The minimum Gasteiger partial charge on any atom is -0.310 e. The van der Waals surface area contributed by atoms with Crippen LogP contribution in [0.2, 0.25) is 0 Å². The molecule has 1 heteroatoms. The van der Waals surface area contributed by atoms with Crippen molar-refractivity contribution in [3.63, 3.8) is 0 Å². The number of hydrogen-bond donors (Lipinski definition) is 0. The van der Waals surface area contributed by atoms with E-state index >= 15 is 0 Å². The molecule has 3 aliphatic rings. The Morgan fingerprint density at radius 3 is 1.40 bits per heavy atom. The van der Waals surface area contributed by atoms with Crippen LogP contribution < -0.4 is 4.90 Å². The van der Waals surface area contributed by atoms with E-state index in [4.69, 9.17) is 0 Å². The van der Waals surface area contributed by atoms with Crippen molar-refractivity contribution in [1.29, 1.82) is 0 Å². The second-order valence-electron chi connectivity index (χ2n) is 15.8. The molecule has 7 aromatic rings. The van der Waals surface area contributed by atoms with Crippen molar-refractivity contribution in [2.45, 2.75) is 57.8 Å². The first-order valence-corrected chi connectivity index (χ1v) is 17.4. The number of nitrogens with zero attached hydrogens (tertiary/aromatic N) is 1. The van der Waals surface area contributed by atoms with Gasteiger partial charge in [0.1, 0.15) is 0 Å². The molecule has 3 aliphatic carbocycles. The van der Waals surface area contributed by atoms with E-state index < -0.39 is 0 Å². The summed E-state index contributed by atoms with van der Waals surface area (Å²) in [6.45, 7) is 14.3. The minimum atomic E-state index is -0.0910. The molecule has 0 radical (unpaired) electrons. The van der Waals surface area contributed by atoms with Crippen molar-refractivity contribution < 1.29 is 0 Å². The zero-order valence-corrected chi connectivity index (χ0v) is 28.6. The highest BCUT2D eigenvalue weighted by Crippen LogP contribution is 2.55. The number of anilines is 3. The molecule has 10 rings (SSSR count). The SMILES string of the molecule is CC1(C)c2ccccc2-c2ccc(N(c3ccc4c(c3)C(C)(C)c3ccccc3-4)c3cc4c5c(ccc6cccc(c65)C4(C)C)c3)cc21. The summed E-state index contributed by atoms with van der Waals surface area (Å²) in [6.07, 6.45) is 0. The fourth-order valence-electron chi connectivity index (χ4n) is 9.62. The van der Waals surface area contributed by atoms with Crippen LogP contribution in [0.4, 0.5) is 17.1 Å². The summed E-state index contributed by atoms with van der Waals surface area (Å²) in [5, 5.41) is 5.47. The lowest BCUT2D eigenvalue weighted by Gasteiger charge is -2.31. The molecular weight excluding hydrogens is 579 g/mol. The third-order valence-corrected chi connectivity index (χ3v) is 12.2. The van der Waals surface area contributed by atoms with Crippen LogP contribution in [0.25, 0.3) is 43.8 Å². The predicted molar refractivity (Wildman–Crippen MR) is 203 cm³/mol. The summed E-state index contributed by atoms with van der Waals surface area (Å²) in [5.74, 6) is 0. The van der Waals surface area contributed by atoms with Crippen molar-refractivity contribution in [2.24, 2.45) is 0 Å². The maximum Gasteiger partial charge on any atom is 0.0471 e. The molecule has 1 nitrogen and oxygen atoms in total. The summed E-state index contributed by atoms with van der Waals surface area (Å²) in [6, 6.07) is 48.6. The maximum absolute atomic E-state index is 2.53. The zero-order chi connectivity index (χ0) is 32.7. The monoisotopic (exact) mass is 617 g/mol. The highest BCUT2D eigenvalue weighted by Gasteiger charge is 2.39. The van der Waals surface area contributed by atoms with E-state index in [0.29, 0.717) is 0 Å². The molecule has 0 unspecified atom stereocenters. The van der Waals surface area contributed by atoms with Gasteiger partial charge in [0.25, 0.3) is 0 Å². The number of hydrogen-bond acceptors (Lipinski definition) is 1. The van der Waals surface area contributed by atoms with Crippen molar-refractivity contribution >= 4 is 38.6 Å². The second kappa shape index (κ2) is 9.05. The van der Waals surface area contributed by atoms with E-state index in [-0.39, 0.29) is 16.2 Å². The molecule has 0 spiro atoms. The van der Waals surface area contributed by atoms with Crippen LogP contribution in [-0.4, -0.2) is 0 Å². The Morgan fingerprint density at radius 1 is 0.333 bits per heavy atom. The average molecular weight is 618 g/mol. The van der Waals surface area contributed by atoms with Crippen molar-refractivity contribution in [2.75, 3.05) is 4.90 Å². The normalized spacial score (nSPS) is 16.6. The third-order valence-electron chi connectivity index (χ3n) is 12.2. The fraction of sp³-hybridized carbons (Fsp3) is 0.191. The highest BCUT2D eigenvalue weighted by atomic mass is 15.1. The van der Waals surface area contributed by atoms with Gasteiger partial charge in [0.15, 0.2) is 0 Å². The van der Waals surface area contributed by atoms with Gasteiger partial charge < -0.3 is 4.90 Å². The van der Waals surface area contributed by atoms with E-state index in [2.05, 4.69) is 174 Å². The van der Waals surface area contributed by atoms with Crippen LogP contribution in [-0.2, 0) is 16.2 Å². The molecule has 0 atom stereocenters. The van der Waals surface area contributed by atoms with Crippen LogP contribution in [0.3, 0.4) is 0 Å². The van der Waals surface area contributed by atoms with Gasteiger partial charge in [-0.25, -0.2) is 0 Å². The molecule has 0 saturated carbocycles. The molecular formula is C47H39N. The summed E-state index contributed by atoms with van der Waals surface area (Å²) >= 11 is 0. The molecule has 0 amide bonds. The van der Waals surface area contributed by atoms with Gasteiger partial charge in [-0.2, -0.15) is 0 Å². The van der Waals surface area contributed by atoms with Gasteiger partial charge in [0.2, 0.25) is 0 Å². The molecule has 0 N–H and O–H groups in total. The summed E-state index contributed by atoms with van der Waals surface area (Å²) < 4.78 is 0. The first kappa shape index (κ1) is 27.9. The molecule has 0 saturated heterocycles. The fourth-order valence-corrected chi connectivity index (χ4v) is 9.62. The van der Waals surface area contributed by atoms with Crippen molar-refractivity contribution in [3.8, 4) is 22.3 Å². The van der Waals surface area contributed by atoms with Gasteiger partial charge >= 0.3 is 0 Å². The largest absolute Gasteiger partial charge is 0.310 e. The Kier molecular flexibility index (Phi) is 5.27. The van der Waals surface area contributed by atoms with E-state index in [9.17, 15) is 0 Å². The van der Waals surface area contributed by atoms with Crippen molar-refractivity contribution in [3.05, 3.63) is 161 Å². The lowest BCUT2D eigenvalue weighted by molar-refractivity contribution is 0.660. The Morgan fingerprint density at radius 2 is 0.792 bits per heavy atom. The van der Waals surface area contributed by atoms with Crippen LogP contribution in [0, 0.1) is 0 Å². The molecule has 232 valence electrons. The van der Waals surface area contributed by atoms with Gasteiger partial charge in [-0.05, 0) is 114 Å². The Hall–Kier alpha value is -5.14. The highest BCUT2D eigenvalue weighted by molar-refractivity contribution is 6.16. The number of fused-ring (bicyclic) bond motifs is 6. The number of rotatable bonds is 3. The first-order chi connectivity index (χ1) is 23.1. The lowest BCUT2D eigenvalue weighted by atomic mass is 9.81. The van der Waals surface area contributed by atoms with E-state index in [0.717, 1.165) is 0 Å². The van der Waals surface area contributed by atoms with Gasteiger partial charge in [0, 0.05) is 33.3 Å². The first-order valence-electron chi connectivity index (χ1n) is 17.4. The smallest absolute Gasteiger partial charge is 0.0471 e. The number of benzene rings is 7.